The summed E-state index contributed by atoms with van der Waals surface area (Å²) in [6.45, 7) is 1.06. The van der Waals surface area contributed by atoms with E-state index in [1.165, 1.54) is 24.6 Å². The normalized spacial score (nSPS) is 16.2. The first kappa shape index (κ1) is 9.64. The Morgan fingerprint density at radius 3 is 2.88 bits per heavy atom. The fraction of sp³-hybridized carbons (Fsp3) is 0.357. The van der Waals surface area contributed by atoms with Crippen LogP contribution in [0.15, 0.2) is 30.5 Å². The number of aromatic nitrogens is 1. The van der Waals surface area contributed by atoms with E-state index in [-0.39, 0.29) is 0 Å². The SMILES string of the molecule is O=Cc1cccc2ccn(CC3CCC3)c12. The number of hydrogen-bond acceptors (Lipinski definition) is 1. The largest absolute Gasteiger partial charge is 0.347 e. The lowest BCUT2D eigenvalue weighted by atomic mass is 9.85. The molecular weight excluding hydrogens is 198 g/mol. The van der Waals surface area contributed by atoms with Crippen LogP contribution in [0.3, 0.4) is 0 Å². The first-order chi connectivity index (χ1) is 7.88. The van der Waals surface area contributed by atoms with E-state index in [9.17, 15) is 4.79 Å². The Hall–Kier alpha value is -1.57. The van der Waals surface area contributed by atoms with Crippen molar-refractivity contribution >= 4 is 17.2 Å². The molecule has 0 unspecified atom stereocenters. The molecule has 0 atom stereocenters. The van der Waals surface area contributed by atoms with E-state index in [4.69, 9.17) is 0 Å². The molecule has 2 aromatic rings. The second-order valence-corrected chi connectivity index (χ2v) is 4.67. The van der Waals surface area contributed by atoms with Crippen molar-refractivity contribution in [2.24, 2.45) is 5.92 Å². The maximum atomic E-state index is 11.0. The van der Waals surface area contributed by atoms with Gasteiger partial charge in [0.2, 0.25) is 0 Å². The van der Waals surface area contributed by atoms with Crippen molar-refractivity contribution in [2.75, 3.05) is 0 Å². The summed E-state index contributed by atoms with van der Waals surface area (Å²) < 4.78 is 2.24. The summed E-state index contributed by atoms with van der Waals surface area (Å²) in [5, 5.41) is 1.17. The molecule has 0 amide bonds. The number of carbonyl (C=O) groups is 1. The molecule has 0 spiro atoms. The van der Waals surface area contributed by atoms with Crippen LogP contribution in [-0.4, -0.2) is 10.9 Å². The first-order valence-electron chi connectivity index (χ1n) is 5.91. The van der Waals surface area contributed by atoms with Crippen molar-refractivity contribution in [3.63, 3.8) is 0 Å². The third-order valence-corrected chi connectivity index (χ3v) is 3.63. The Morgan fingerprint density at radius 1 is 1.31 bits per heavy atom. The van der Waals surface area contributed by atoms with Crippen LogP contribution in [0.2, 0.25) is 0 Å². The second-order valence-electron chi connectivity index (χ2n) is 4.67. The van der Waals surface area contributed by atoms with Crippen molar-refractivity contribution in [3.8, 4) is 0 Å². The summed E-state index contributed by atoms with van der Waals surface area (Å²) in [5.74, 6) is 0.815. The zero-order chi connectivity index (χ0) is 11.0. The van der Waals surface area contributed by atoms with E-state index in [1.807, 2.05) is 12.1 Å². The van der Waals surface area contributed by atoms with Crippen LogP contribution in [0.1, 0.15) is 29.6 Å². The molecule has 1 heterocycles. The lowest BCUT2D eigenvalue weighted by molar-refractivity contribution is 0.112. The molecule has 0 radical (unpaired) electrons. The van der Waals surface area contributed by atoms with Crippen LogP contribution in [0.5, 0.6) is 0 Å². The minimum atomic E-state index is 0.807. The van der Waals surface area contributed by atoms with Gasteiger partial charge in [-0.2, -0.15) is 0 Å². The molecule has 16 heavy (non-hydrogen) atoms. The van der Waals surface area contributed by atoms with Gasteiger partial charge in [0.25, 0.3) is 0 Å². The van der Waals surface area contributed by atoms with E-state index in [0.717, 1.165) is 29.8 Å². The highest BCUT2D eigenvalue weighted by Crippen LogP contribution is 2.30. The van der Waals surface area contributed by atoms with Crippen LogP contribution in [-0.2, 0) is 6.54 Å². The third kappa shape index (κ3) is 1.45. The molecule has 2 heteroatoms. The van der Waals surface area contributed by atoms with E-state index in [0.29, 0.717) is 0 Å². The van der Waals surface area contributed by atoms with Gasteiger partial charge in [0.1, 0.15) is 0 Å². The summed E-state index contributed by atoms with van der Waals surface area (Å²) in [4.78, 5) is 11.0. The molecule has 1 aliphatic carbocycles. The van der Waals surface area contributed by atoms with Crippen molar-refractivity contribution in [2.45, 2.75) is 25.8 Å². The van der Waals surface area contributed by atoms with E-state index in [1.54, 1.807) is 0 Å². The number of fused-ring (bicyclic) bond motifs is 1. The molecule has 0 bridgehead atoms. The zero-order valence-corrected chi connectivity index (χ0v) is 9.23. The summed E-state index contributed by atoms with van der Waals surface area (Å²) in [6.07, 6.45) is 7.10. The van der Waals surface area contributed by atoms with Gasteiger partial charge in [-0.1, -0.05) is 18.6 Å². The second kappa shape index (κ2) is 3.78. The molecule has 3 rings (SSSR count). The Bertz CT molecular complexity index is 523. The molecule has 1 aromatic carbocycles. The molecule has 0 saturated heterocycles. The van der Waals surface area contributed by atoms with Gasteiger partial charge < -0.3 is 4.57 Å². The maximum absolute atomic E-state index is 11.0. The smallest absolute Gasteiger partial charge is 0.152 e. The number of para-hydroxylation sites is 1. The maximum Gasteiger partial charge on any atom is 0.152 e. The van der Waals surface area contributed by atoms with Crippen LogP contribution in [0.25, 0.3) is 10.9 Å². The summed E-state index contributed by atoms with van der Waals surface area (Å²) in [7, 11) is 0. The number of aldehydes is 1. The zero-order valence-electron chi connectivity index (χ0n) is 9.23. The lowest BCUT2D eigenvalue weighted by Crippen LogP contribution is -2.17. The minimum absolute atomic E-state index is 0.807. The predicted molar refractivity (Wildman–Crippen MR) is 64.7 cm³/mol. The Morgan fingerprint density at radius 2 is 2.19 bits per heavy atom. The topological polar surface area (TPSA) is 22.0 Å². The molecule has 1 aliphatic rings. The average Bonchev–Trinajstić information content (AvgIpc) is 2.66. The minimum Gasteiger partial charge on any atom is -0.347 e. The molecule has 1 aromatic heterocycles. The van der Waals surface area contributed by atoms with Crippen LogP contribution in [0, 0.1) is 5.92 Å². The Kier molecular flexibility index (Phi) is 2.28. The summed E-state index contributed by atoms with van der Waals surface area (Å²) in [6, 6.07) is 8.01. The number of rotatable bonds is 3. The Labute approximate surface area is 94.9 Å². The summed E-state index contributed by atoms with van der Waals surface area (Å²) >= 11 is 0. The lowest BCUT2D eigenvalue weighted by Gasteiger charge is -2.26. The quantitative estimate of drug-likeness (QED) is 0.717. The first-order valence-corrected chi connectivity index (χ1v) is 5.91. The van der Waals surface area contributed by atoms with Gasteiger partial charge in [0.05, 0.1) is 5.52 Å². The number of benzene rings is 1. The van der Waals surface area contributed by atoms with Crippen molar-refractivity contribution in [3.05, 3.63) is 36.0 Å². The molecule has 0 aliphatic heterocycles. The highest BCUT2D eigenvalue weighted by atomic mass is 16.1. The Balaban J connectivity index is 2.05. The predicted octanol–water partition coefficient (Wildman–Crippen LogP) is 3.25. The fourth-order valence-electron chi connectivity index (χ4n) is 2.49. The molecule has 1 saturated carbocycles. The number of nitrogens with zero attached hydrogens (tertiary/aromatic N) is 1. The van der Waals surface area contributed by atoms with Gasteiger partial charge >= 0.3 is 0 Å². The van der Waals surface area contributed by atoms with E-state index in [2.05, 4.69) is 22.9 Å². The van der Waals surface area contributed by atoms with Crippen LogP contribution < -0.4 is 0 Å². The van der Waals surface area contributed by atoms with Gasteiger partial charge in [-0.25, -0.2) is 0 Å². The molecule has 1 fully saturated rings. The fourth-order valence-corrected chi connectivity index (χ4v) is 2.49. The third-order valence-electron chi connectivity index (χ3n) is 3.63. The van der Waals surface area contributed by atoms with Crippen molar-refractivity contribution in [1.82, 2.24) is 4.57 Å². The highest BCUT2D eigenvalue weighted by Gasteiger charge is 2.18. The highest BCUT2D eigenvalue weighted by molar-refractivity contribution is 5.96. The standard InChI is InChI=1S/C14H15NO/c16-10-13-6-2-5-12-7-8-15(14(12)13)9-11-3-1-4-11/h2,5-8,10-11H,1,3-4,9H2. The van der Waals surface area contributed by atoms with Gasteiger partial charge in [0.15, 0.2) is 6.29 Å². The van der Waals surface area contributed by atoms with Gasteiger partial charge in [-0.05, 0) is 30.9 Å². The van der Waals surface area contributed by atoms with Gasteiger partial charge in [0, 0.05) is 23.7 Å². The van der Waals surface area contributed by atoms with E-state index < -0.39 is 0 Å². The molecule has 0 N–H and O–H groups in total. The average molecular weight is 213 g/mol. The van der Waals surface area contributed by atoms with E-state index >= 15 is 0 Å². The van der Waals surface area contributed by atoms with Crippen molar-refractivity contribution < 1.29 is 4.79 Å². The van der Waals surface area contributed by atoms with Crippen LogP contribution >= 0.6 is 0 Å². The van der Waals surface area contributed by atoms with Crippen LogP contribution in [0.4, 0.5) is 0 Å². The molecular formula is C14H15NO. The van der Waals surface area contributed by atoms with Gasteiger partial charge in [-0.3, -0.25) is 4.79 Å². The molecule has 2 nitrogen and oxygen atoms in total. The van der Waals surface area contributed by atoms with Gasteiger partial charge in [-0.15, -0.1) is 0 Å². The molecule has 82 valence electrons. The van der Waals surface area contributed by atoms with Crippen molar-refractivity contribution in [1.29, 1.82) is 0 Å². The number of hydrogen-bond donors (Lipinski definition) is 0. The monoisotopic (exact) mass is 213 g/mol. The number of carbonyl (C=O) groups excluding carboxylic acids is 1. The summed E-state index contributed by atoms with van der Waals surface area (Å²) in [5.41, 5.74) is 1.91.